The van der Waals surface area contributed by atoms with Gasteiger partial charge in [-0.2, -0.15) is 13.2 Å². The van der Waals surface area contributed by atoms with Gasteiger partial charge >= 0.3 is 6.18 Å². The fraction of sp³-hybridized carbons (Fsp3) is 0.696. The summed E-state index contributed by atoms with van der Waals surface area (Å²) in [5, 5.41) is 2.82. The Kier molecular flexibility index (Phi) is 8.20. The lowest BCUT2D eigenvalue weighted by Crippen LogP contribution is -2.64. The Labute approximate surface area is 207 Å². The van der Waals surface area contributed by atoms with E-state index in [4.69, 9.17) is 9.47 Å². The van der Waals surface area contributed by atoms with Crippen molar-refractivity contribution in [2.75, 3.05) is 50.9 Å². The number of piperazine rings is 1. The zero-order valence-electron chi connectivity index (χ0n) is 20.4. The number of carbonyl (C=O) groups is 2. The number of nitrogens with one attached hydrogen (secondary N) is 3. The van der Waals surface area contributed by atoms with Crippen LogP contribution in [0.1, 0.15) is 25.3 Å². The molecular weight excluding hydrogens is 481 g/mol. The minimum atomic E-state index is -4.65. The number of fused-ring (bicyclic) bond motifs is 3. The Morgan fingerprint density at radius 2 is 2.19 bits per heavy atom. The molecule has 2 fully saturated rings. The molecule has 4 atom stereocenters. The van der Waals surface area contributed by atoms with Crippen LogP contribution < -0.4 is 25.8 Å². The average Bonchev–Trinajstić information content (AvgIpc) is 2.99. The predicted octanol–water partition coefficient (Wildman–Crippen LogP) is 0.756. The van der Waals surface area contributed by atoms with E-state index >= 15 is 0 Å². The SMILES string of the molecule is Cc1cnc2c(c1)OCC[C@@H]1CN(C(=O)CCOC[C@H](C)NC3CNNC(=O)C3C(F)(F)F)CCN21. The number of amides is 2. The quantitative estimate of drug-likeness (QED) is 0.458. The number of hydrogen-bond donors (Lipinski definition) is 3. The summed E-state index contributed by atoms with van der Waals surface area (Å²) in [6.07, 6.45) is -1.87. The lowest BCUT2D eigenvalue weighted by molar-refractivity contribution is -0.193. The standard InChI is InChI=1S/C23H33F3N6O4/c1-14-9-18-21(27-10-14)32-6-5-31(12-16(32)3-8-36-18)19(33)4-7-35-13-15(2)29-17-11-28-30-22(34)20(17)23(24,25)26/h9-10,15-17,20,28-29H,3-8,11-13H2,1-2H3,(H,30,34)/t15-,16+,17?,20?/m0/s1. The van der Waals surface area contributed by atoms with Gasteiger partial charge in [0.1, 0.15) is 0 Å². The molecule has 3 N–H and O–H groups in total. The normalized spacial score (nSPS) is 25.2. The molecular formula is C23H33F3N6O4. The third-order valence-electron chi connectivity index (χ3n) is 6.68. The molecule has 10 nitrogen and oxygen atoms in total. The van der Waals surface area contributed by atoms with Crippen molar-refractivity contribution in [3.63, 3.8) is 0 Å². The van der Waals surface area contributed by atoms with Crippen molar-refractivity contribution in [3.8, 4) is 5.75 Å². The summed E-state index contributed by atoms with van der Waals surface area (Å²) in [7, 11) is 0. The summed E-state index contributed by atoms with van der Waals surface area (Å²) in [6.45, 7) is 6.23. The van der Waals surface area contributed by atoms with Crippen molar-refractivity contribution in [1.29, 1.82) is 0 Å². The first-order valence-corrected chi connectivity index (χ1v) is 12.2. The van der Waals surface area contributed by atoms with Gasteiger partial charge in [0, 0.05) is 50.9 Å². The first-order chi connectivity index (χ1) is 17.1. The van der Waals surface area contributed by atoms with Gasteiger partial charge in [-0.05, 0) is 25.5 Å². The smallest absolute Gasteiger partial charge is 0.402 e. The molecule has 0 saturated carbocycles. The highest BCUT2D eigenvalue weighted by atomic mass is 19.4. The zero-order chi connectivity index (χ0) is 25.9. The number of pyridine rings is 1. The second-order valence-corrected chi connectivity index (χ2v) is 9.55. The van der Waals surface area contributed by atoms with Crippen LogP contribution in [0.3, 0.4) is 0 Å². The summed E-state index contributed by atoms with van der Waals surface area (Å²) in [5.41, 5.74) is 5.54. The summed E-state index contributed by atoms with van der Waals surface area (Å²) in [4.78, 5) is 33.1. The molecule has 2 unspecified atom stereocenters. The molecule has 4 heterocycles. The second kappa shape index (κ2) is 11.2. The molecule has 0 aliphatic carbocycles. The Bertz CT molecular complexity index is 949. The molecule has 0 bridgehead atoms. The number of nitrogens with zero attached hydrogens (tertiary/aromatic N) is 3. The van der Waals surface area contributed by atoms with Crippen LogP contribution in [0.2, 0.25) is 0 Å². The van der Waals surface area contributed by atoms with Crippen molar-refractivity contribution in [3.05, 3.63) is 17.8 Å². The van der Waals surface area contributed by atoms with E-state index in [1.165, 1.54) is 0 Å². The lowest BCUT2D eigenvalue weighted by atomic mass is 9.96. The van der Waals surface area contributed by atoms with Crippen LogP contribution in [0.4, 0.5) is 19.0 Å². The predicted molar refractivity (Wildman–Crippen MR) is 124 cm³/mol. The maximum atomic E-state index is 13.3. The van der Waals surface area contributed by atoms with Gasteiger partial charge in [-0.1, -0.05) is 0 Å². The van der Waals surface area contributed by atoms with Gasteiger partial charge in [0.05, 0.1) is 32.3 Å². The topological polar surface area (TPSA) is 108 Å². The van der Waals surface area contributed by atoms with Gasteiger partial charge in [-0.3, -0.25) is 15.0 Å². The Morgan fingerprint density at radius 1 is 1.39 bits per heavy atom. The van der Waals surface area contributed by atoms with Crippen molar-refractivity contribution < 1.29 is 32.2 Å². The number of hydrazine groups is 1. The van der Waals surface area contributed by atoms with E-state index in [1.807, 2.05) is 29.5 Å². The summed E-state index contributed by atoms with van der Waals surface area (Å²) in [5.74, 6) is -1.68. The molecule has 4 rings (SSSR count). The second-order valence-electron chi connectivity index (χ2n) is 9.55. The molecule has 13 heteroatoms. The molecule has 0 aromatic carbocycles. The van der Waals surface area contributed by atoms with E-state index < -0.39 is 30.1 Å². The Morgan fingerprint density at radius 3 is 2.97 bits per heavy atom. The van der Waals surface area contributed by atoms with E-state index in [1.54, 1.807) is 6.92 Å². The van der Waals surface area contributed by atoms with E-state index in [9.17, 15) is 22.8 Å². The summed E-state index contributed by atoms with van der Waals surface area (Å²) < 4.78 is 51.3. The molecule has 2 saturated heterocycles. The van der Waals surface area contributed by atoms with Crippen molar-refractivity contribution in [2.24, 2.45) is 5.92 Å². The van der Waals surface area contributed by atoms with Gasteiger partial charge in [-0.15, -0.1) is 0 Å². The molecule has 200 valence electrons. The minimum absolute atomic E-state index is 0.0252. The highest BCUT2D eigenvalue weighted by Crippen LogP contribution is 2.33. The van der Waals surface area contributed by atoms with Crippen LogP contribution in [0, 0.1) is 12.8 Å². The maximum Gasteiger partial charge on any atom is 0.402 e. The zero-order valence-corrected chi connectivity index (χ0v) is 20.4. The number of anilines is 1. The number of halogens is 3. The van der Waals surface area contributed by atoms with Gasteiger partial charge in [0.2, 0.25) is 11.8 Å². The average molecular weight is 515 g/mol. The molecule has 36 heavy (non-hydrogen) atoms. The van der Waals surface area contributed by atoms with Crippen molar-refractivity contribution in [1.82, 2.24) is 26.1 Å². The van der Waals surface area contributed by atoms with Crippen LogP contribution in [0.25, 0.3) is 0 Å². The molecule has 3 aliphatic rings. The minimum Gasteiger partial charge on any atom is -0.490 e. The van der Waals surface area contributed by atoms with Crippen molar-refractivity contribution >= 4 is 17.6 Å². The number of alkyl halides is 3. The number of hydrogen-bond acceptors (Lipinski definition) is 8. The summed E-state index contributed by atoms with van der Waals surface area (Å²) >= 11 is 0. The number of carbonyl (C=O) groups excluding carboxylic acids is 2. The molecule has 3 aliphatic heterocycles. The summed E-state index contributed by atoms with van der Waals surface area (Å²) in [6, 6.07) is 0.557. The maximum absolute atomic E-state index is 13.3. The van der Waals surface area contributed by atoms with Crippen LogP contribution in [-0.4, -0.2) is 92.0 Å². The van der Waals surface area contributed by atoms with Gasteiger partial charge in [0.25, 0.3) is 0 Å². The molecule has 0 radical (unpaired) electrons. The lowest BCUT2D eigenvalue weighted by Gasteiger charge is -2.41. The third-order valence-corrected chi connectivity index (χ3v) is 6.68. The van der Waals surface area contributed by atoms with Crippen LogP contribution >= 0.6 is 0 Å². The molecule has 1 aromatic heterocycles. The van der Waals surface area contributed by atoms with E-state index in [0.29, 0.717) is 26.2 Å². The highest BCUT2D eigenvalue weighted by Gasteiger charge is 2.51. The third kappa shape index (κ3) is 6.19. The first-order valence-electron chi connectivity index (χ1n) is 12.2. The monoisotopic (exact) mass is 514 g/mol. The number of aromatic nitrogens is 1. The fourth-order valence-electron chi connectivity index (χ4n) is 4.92. The van der Waals surface area contributed by atoms with E-state index in [0.717, 1.165) is 23.6 Å². The number of ether oxygens (including phenoxy) is 2. The molecule has 2 amide bonds. The first kappa shape index (κ1) is 26.4. The highest BCUT2D eigenvalue weighted by molar-refractivity contribution is 5.80. The molecule has 0 spiro atoms. The van der Waals surface area contributed by atoms with Crippen LogP contribution in [0.5, 0.6) is 5.75 Å². The molecule has 1 aromatic rings. The van der Waals surface area contributed by atoms with Crippen molar-refractivity contribution in [2.45, 2.75) is 51.0 Å². The van der Waals surface area contributed by atoms with Gasteiger partial charge < -0.3 is 24.6 Å². The Balaban J connectivity index is 1.21. The van der Waals surface area contributed by atoms with Gasteiger partial charge in [0.15, 0.2) is 17.5 Å². The Hall–Kier alpha value is -2.64. The van der Waals surface area contributed by atoms with Gasteiger partial charge in [-0.25, -0.2) is 10.4 Å². The number of rotatable bonds is 7. The van der Waals surface area contributed by atoms with E-state index in [2.05, 4.69) is 20.6 Å². The van der Waals surface area contributed by atoms with E-state index in [-0.39, 0.29) is 38.1 Å². The number of aryl methyl sites for hydroxylation is 1. The fourth-order valence-corrected chi connectivity index (χ4v) is 4.92. The largest absolute Gasteiger partial charge is 0.490 e. The van der Waals surface area contributed by atoms with Crippen LogP contribution in [0.15, 0.2) is 12.3 Å². The van der Waals surface area contributed by atoms with Crippen LogP contribution in [-0.2, 0) is 14.3 Å².